The maximum Gasteiger partial charge on any atom is 0.408 e. The minimum atomic E-state index is -0.629. The number of allylic oxidation sites excluding steroid dienone is 1. The third kappa shape index (κ3) is 9.27. The lowest BCUT2D eigenvalue weighted by atomic mass is 9.94. The van der Waals surface area contributed by atoms with Crippen LogP contribution in [0.3, 0.4) is 0 Å². The zero-order chi connectivity index (χ0) is 21.3. The number of benzene rings is 1. The lowest BCUT2D eigenvalue weighted by Gasteiger charge is -2.19. The van der Waals surface area contributed by atoms with Crippen LogP contribution in [-0.4, -0.2) is 30.1 Å². The molecule has 29 heavy (non-hydrogen) atoms. The Kier molecular flexibility index (Phi) is 8.24. The Balaban J connectivity index is 1.72. The van der Waals surface area contributed by atoms with Crippen molar-refractivity contribution in [1.82, 2.24) is 10.6 Å². The standard InChI is InChI=1S/C22H31N3O4/c1-22(2,3)29-21(28)24-15-20(27)23-14-17-9-11-18(12-10-17)25-19(26)13-16-7-5-4-6-8-16/h9-13H,4-8,14-15H2,1-3H3,(H,23,27)(H,24,28)(H,25,26). The average Bonchev–Trinajstić information content (AvgIpc) is 2.65. The lowest BCUT2D eigenvalue weighted by molar-refractivity contribution is -0.120. The van der Waals surface area contributed by atoms with Crippen LogP contribution in [0.5, 0.6) is 0 Å². The van der Waals surface area contributed by atoms with Gasteiger partial charge in [0.25, 0.3) is 0 Å². The van der Waals surface area contributed by atoms with Gasteiger partial charge >= 0.3 is 6.09 Å². The fourth-order valence-corrected chi connectivity index (χ4v) is 2.95. The first-order valence-electron chi connectivity index (χ1n) is 10.0. The molecule has 2 rings (SSSR count). The van der Waals surface area contributed by atoms with Gasteiger partial charge in [0.2, 0.25) is 11.8 Å². The second kappa shape index (κ2) is 10.6. The van der Waals surface area contributed by atoms with E-state index in [0.29, 0.717) is 12.2 Å². The van der Waals surface area contributed by atoms with Gasteiger partial charge < -0.3 is 20.7 Å². The molecule has 0 aromatic heterocycles. The van der Waals surface area contributed by atoms with Crippen molar-refractivity contribution in [3.05, 3.63) is 41.5 Å². The highest BCUT2D eigenvalue weighted by molar-refractivity contribution is 5.99. The molecule has 1 fully saturated rings. The number of hydrogen-bond donors (Lipinski definition) is 3. The molecule has 0 radical (unpaired) electrons. The van der Waals surface area contributed by atoms with Crippen molar-refractivity contribution in [2.24, 2.45) is 0 Å². The van der Waals surface area contributed by atoms with Crippen LogP contribution in [0.25, 0.3) is 0 Å². The summed E-state index contributed by atoms with van der Waals surface area (Å²) < 4.78 is 5.07. The van der Waals surface area contributed by atoms with Crippen LogP contribution >= 0.6 is 0 Å². The average molecular weight is 402 g/mol. The van der Waals surface area contributed by atoms with Gasteiger partial charge in [0.15, 0.2) is 0 Å². The number of carbonyl (C=O) groups excluding carboxylic acids is 3. The number of alkyl carbamates (subject to hydrolysis) is 1. The largest absolute Gasteiger partial charge is 0.444 e. The van der Waals surface area contributed by atoms with Crippen molar-refractivity contribution in [3.8, 4) is 0 Å². The first kappa shape index (κ1) is 22.5. The Morgan fingerprint density at radius 1 is 1.00 bits per heavy atom. The summed E-state index contributed by atoms with van der Waals surface area (Å²) in [6.07, 6.45) is 6.67. The van der Waals surface area contributed by atoms with Crippen LogP contribution in [0.2, 0.25) is 0 Å². The van der Waals surface area contributed by atoms with E-state index in [2.05, 4.69) is 16.0 Å². The first-order chi connectivity index (χ1) is 13.7. The molecule has 1 saturated carbocycles. The van der Waals surface area contributed by atoms with E-state index in [-0.39, 0.29) is 18.4 Å². The molecule has 7 heteroatoms. The predicted octanol–water partition coefficient (Wildman–Crippen LogP) is 3.66. The van der Waals surface area contributed by atoms with E-state index >= 15 is 0 Å². The fourth-order valence-electron chi connectivity index (χ4n) is 2.95. The Hall–Kier alpha value is -2.83. The van der Waals surface area contributed by atoms with Crippen LogP contribution in [0.15, 0.2) is 35.9 Å². The minimum absolute atomic E-state index is 0.101. The van der Waals surface area contributed by atoms with Gasteiger partial charge in [-0.1, -0.05) is 24.1 Å². The molecule has 0 bridgehead atoms. The normalized spacial score (nSPS) is 14.0. The van der Waals surface area contributed by atoms with Crippen LogP contribution < -0.4 is 16.0 Å². The molecular formula is C22H31N3O4. The summed E-state index contributed by atoms with van der Waals surface area (Å²) >= 11 is 0. The summed E-state index contributed by atoms with van der Waals surface area (Å²) in [6, 6.07) is 7.28. The molecule has 7 nitrogen and oxygen atoms in total. The maximum absolute atomic E-state index is 12.1. The quantitative estimate of drug-likeness (QED) is 0.634. The number of carbonyl (C=O) groups is 3. The first-order valence-corrected chi connectivity index (χ1v) is 10.0. The fraction of sp³-hybridized carbons (Fsp3) is 0.500. The molecule has 1 aromatic rings. The van der Waals surface area contributed by atoms with Gasteiger partial charge in [-0.05, 0) is 64.2 Å². The van der Waals surface area contributed by atoms with E-state index < -0.39 is 11.7 Å². The minimum Gasteiger partial charge on any atom is -0.444 e. The highest BCUT2D eigenvalue weighted by Gasteiger charge is 2.16. The molecule has 0 spiro atoms. The van der Waals surface area contributed by atoms with Crippen LogP contribution in [0.1, 0.15) is 58.4 Å². The molecule has 0 unspecified atom stereocenters. The number of rotatable bonds is 6. The summed E-state index contributed by atoms with van der Waals surface area (Å²) in [7, 11) is 0. The molecule has 1 aliphatic carbocycles. The van der Waals surface area contributed by atoms with Crippen molar-refractivity contribution >= 4 is 23.6 Å². The molecule has 1 aromatic carbocycles. The molecule has 0 saturated heterocycles. The molecular weight excluding hydrogens is 370 g/mol. The van der Waals surface area contributed by atoms with Gasteiger partial charge in [-0.2, -0.15) is 0 Å². The number of nitrogens with one attached hydrogen (secondary N) is 3. The van der Waals surface area contributed by atoms with Gasteiger partial charge in [-0.3, -0.25) is 9.59 Å². The predicted molar refractivity (Wildman–Crippen MR) is 112 cm³/mol. The van der Waals surface area contributed by atoms with Crippen LogP contribution in [0.4, 0.5) is 10.5 Å². The zero-order valence-corrected chi connectivity index (χ0v) is 17.5. The Morgan fingerprint density at radius 2 is 1.66 bits per heavy atom. The lowest BCUT2D eigenvalue weighted by Crippen LogP contribution is -2.39. The van der Waals surface area contributed by atoms with Gasteiger partial charge in [-0.25, -0.2) is 4.79 Å². The van der Waals surface area contributed by atoms with Crippen LogP contribution in [-0.2, 0) is 20.9 Å². The molecule has 3 amide bonds. The molecule has 3 N–H and O–H groups in total. The summed E-state index contributed by atoms with van der Waals surface area (Å²) in [6.45, 7) is 5.44. The maximum atomic E-state index is 12.1. The molecule has 158 valence electrons. The van der Waals surface area contributed by atoms with E-state index in [1.165, 1.54) is 12.0 Å². The molecule has 0 atom stereocenters. The number of ether oxygens (including phenoxy) is 1. The second-order valence-corrected chi connectivity index (χ2v) is 8.18. The third-order valence-corrected chi connectivity index (χ3v) is 4.33. The molecule has 0 aliphatic heterocycles. The Bertz CT molecular complexity index is 740. The second-order valence-electron chi connectivity index (χ2n) is 8.18. The van der Waals surface area contributed by atoms with Crippen molar-refractivity contribution in [2.45, 2.75) is 65.0 Å². The highest BCUT2D eigenvalue weighted by Crippen LogP contribution is 2.22. The van der Waals surface area contributed by atoms with Crippen molar-refractivity contribution in [3.63, 3.8) is 0 Å². The van der Waals surface area contributed by atoms with Crippen LogP contribution in [0, 0.1) is 0 Å². The van der Waals surface area contributed by atoms with Gasteiger partial charge in [-0.15, -0.1) is 0 Å². The smallest absolute Gasteiger partial charge is 0.408 e. The SMILES string of the molecule is CC(C)(C)OC(=O)NCC(=O)NCc1ccc(NC(=O)C=C2CCCCC2)cc1. The summed E-state index contributed by atoms with van der Waals surface area (Å²) in [5.74, 6) is -0.413. The monoisotopic (exact) mass is 401 g/mol. The van der Waals surface area contributed by atoms with Gasteiger partial charge in [0, 0.05) is 18.3 Å². The Morgan fingerprint density at radius 3 is 2.28 bits per heavy atom. The van der Waals surface area contributed by atoms with Gasteiger partial charge in [0.05, 0.1) is 0 Å². The molecule has 1 aliphatic rings. The zero-order valence-electron chi connectivity index (χ0n) is 17.5. The Labute approximate surface area is 172 Å². The summed E-state index contributed by atoms with van der Waals surface area (Å²) in [5, 5.41) is 8.01. The summed E-state index contributed by atoms with van der Waals surface area (Å²) in [5.41, 5.74) is 2.21. The van der Waals surface area contributed by atoms with E-state index in [1.54, 1.807) is 39.0 Å². The van der Waals surface area contributed by atoms with Crippen molar-refractivity contribution in [2.75, 3.05) is 11.9 Å². The molecule has 0 heterocycles. The topological polar surface area (TPSA) is 96.5 Å². The number of anilines is 1. The third-order valence-electron chi connectivity index (χ3n) is 4.33. The number of hydrogen-bond acceptors (Lipinski definition) is 4. The van der Waals surface area contributed by atoms with E-state index in [4.69, 9.17) is 4.74 Å². The van der Waals surface area contributed by atoms with E-state index in [9.17, 15) is 14.4 Å². The van der Waals surface area contributed by atoms with Gasteiger partial charge in [0.1, 0.15) is 12.1 Å². The van der Waals surface area contributed by atoms with Crippen molar-refractivity contribution in [1.29, 1.82) is 0 Å². The van der Waals surface area contributed by atoms with Crippen molar-refractivity contribution < 1.29 is 19.1 Å². The summed E-state index contributed by atoms with van der Waals surface area (Å²) in [4.78, 5) is 35.5. The number of amides is 3. The highest BCUT2D eigenvalue weighted by atomic mass is 16.6. The van der Waals surface area contributed by atoms with E-state index in [1.807, 2.05) is 12.1 Å². The van der Waals surface area contributed by atoms with E-state index in [0.717, 1.165) is 31.2 Å².